The Morgan fingerprint density at radius 3 is 2.67 bits per heavy atom. The number of thiocarbonyl (C=S) groups is 1. The number of anilines is 1. The Kier molecular flexibility index (Phi) is 5.56. The summed E-state index contributed by atoms with van der Waals surface area (Å²) in [6.07, 6.45) is 0. The van der Waals surface area contributed by atoms with Crippen molar-refractivity contribution in [3.05, 3.63) is 57.2 Å². The van der Waals surface area contributed by atoms with Crippen LogP contribution in [-0.4, -0.2) is 10.1 Å². The summed E-state index contributed by atoms with van der Waals surface area (Å²) in [6.45, 7) is 3.90. The van der Waals surface area contributed by atoms with E-state index < -0.39 is 0 Å². The molecule has 1 heterocycles. The first-order valence-electron chi connectivity index (χ1n) is 6.42. The van der Waals surface area contributed by atoms with Gasteiger partial charge < -0.3 is 10.6 Å². The van der Waals surface area contributed by atoms with Gasteiger partial charge in [-0.25, -0.2) is 4.98 Å². The average molecular weight is 385 g/mol. The fourth-order valence-electron chi connectivity index (χ4n) is 1.81. The number of nitrogens with zero attached hydrogens (tertiary/aromatic N) is 1. The van der Waals surface area contributed by atoms with E-state index in [0.29, 0.717) is 16.0 Å². The Labute approximate surface area is 143 Å². The van der Waals surface area contributed by atoms with Gasteiger partial charge in [-0.1, -0.05) is 41.9 Å². The standard InChI is InChI=1S/C15H15BrClN3S/c1-9(11-6-4-3-5-7-11)19-15(21)20-14-12(16)8-13(17)10(2)18-14/h3-9H,1-2H3,(H2,18,19,20,21)/t9-/m0/s1. The number of nitrogens with one attached hydrogen (secondary N) is 2. The molecule has 0 saturated carbocycles. The van der Waals surface area contributed by atoms with Crippen LogP contribution in [0.2, 0.25) is 5.02 Å². The smallest absolute Gasteiger partial charge is 0.172 e. The molecule has 1 atom stereocenters. The quantitative estimate of drug-likeness (QED) is 0.742. The average Bonchev–Trinajstić information content (AvgIpc) is 2.45. The summed E-state index contributed by atoms with van der Waals surface area (Å²) in [5, 5.41) is 7.44. The summed E-state index contributed by atoms with van der Waals surface area (Å²) in [4.78, 5) is 4.37. The summed E-state index contributed by atoms with van der Waals surface area (Å²) >= 11 is 14.8. The number of hydrogen-bond donors (Lipinski definition) is 2. The molecule has 0 fully saturated rings. The molecule has 2 rings (SSSR count). The van der Waals surface area contributed by atoms with Crippen LogP contribution in [0, 0.1) is 6.92 Å². The highest BCUT2D eigenvalue weighted by Crippen LogP contribution is 2.26. The van der Waals surface area contributed by atoms with E-state index in [9.17, 15) is 0 Å². The first kappa shape index (κ1) is 16.2. The molecule has 0 aliphatic carbocycles. The van der Waals surface area contributed by atoms with Gasteiger partial charge in [0.25, 0.3) is 0 Å². The third-order valence-corrected chi connectivity index (χ3v) is 4.19. The number of rotatable bonds is 3. The van der Waals surface area contributed by atoms with Crippen molar-refractivity contribution in [3.63, 3.8) is 0 Å². The summed E-state index contributed by atoms with van der Waals surface area (Å²) < 4.78 is 0.773. The maximum absolute atomic E-state index is 6.02. The molecule has 0 aliphatic rings. The molecule has 110 valence electrons. The van der Waals surface area contributed by atoms with Crippen molar-refractivity contribution in [2.24, 2.45) is 0 Å². The van der Waals surface area contributed by atoms with E-state index >= 15 is 0 Å². The maximum Gasteiger partial charge on any atom is 0.172 e. The molecule has 3 nitrogen and oxygen atoms in total. The van der Waals surface area contributed by atoms with E-state index in [-0.39, 0.29) is 6.04 Å². The van der Waals surface area contributed by atoms with Crippen molar-refractivity contribution in [1.29, 1.82) is 0 Å². The highest BCUT2D eigenvalue weighted by molar-refractivity contribution is 9.10. The van der Waals surface area contributed by atoms with Crippen molar-refractivity contribution >= 4 is 50.7 Å². The SMILES string of the molecule is Cc1nc(NC(=S)N[C@@H](C)c2ccccc2)c(Br)cc1Cl. The minimum Gasteiger partial charge on any atom is -0.356 e. The topological polar surface area (TPSA) is 37.0 Å². The molecule has 2 aromatic rings. The van der Waals surface area contributed by atoms with E-state index in [1.807, 2.05) is 25.1 Å². The predicted molar refractivity (Wildman–Crippen MR) is 95.9 cm³/mol. The molecule has 0 spiro atoms. The van der Waals surface area contributed by atoms with E-state index in [1.165, 1.54) is 5.56 Å². The Hall–Kier alpha value is -1.17. The number of pyridine rings is 1. The number of benzene rings is 1. The summed E-state index contributed by atoms with van der Waals surface area (Å²) in [7, 11) is 0. The second-order valence-corrected chi connectivity index (χ2v) is 6.29. The number of aromatic nitrogens is 1. The first-order valence-corrected chi connectivity index (χ1v) is 8.00. The van der Waals surface area contributed by atoms with E-state index in [4.69, 9.17) is 23.8 Å². The maximum atomic E-state index is 6.02. The summed E-state index contributed by atoms with van der Waals surface area (Å²) in [6, 6.07) is 12.0. The van der Waals surface area contributed by atoms with Gasteiger partial charge in [0.2, 0.25) is 0 Å². The molecule has 6 heteroatoms. The Morgan fingerprint density at radius 1 is 1.33 bits per heavy atom. The van der Waals surface area contributed by atoms with Gasteiger partial charge in [0.15, 0.2) is 5.11 Å². The van der Waals surface area contributed by atoms with Gasteiger partial charge in [0.05, 0.1) is 21.2 Å². The third-order valence-electron chi connectivity index (χ3n) is 2.98. The lowest BCUT2D eigenvalue weighted by Gasteiger charge is -2.17. The van der Waals surface area contributed by atoms with Crippen LogP contribution in [0.4, 0.5) is 5.82 Å². The highest BCUT2D eigenvalue weighted by Gasteiger charge is 2.10. The van der Waals surface area contributed by atoms with Crippen LogP contribution in [0.3, 0.4) is 0 Å². The number of halogens is 2. The van der Waals surface area contributed by atoms with Gasteiger partial charge in [0, 0.05) is 0 Å². The zero-order valence-electron chi connectivity index (χ0n) is 11.7. The normalized spacial score (nSPS) is 11.8. The molecular weight excluding hydrogens is 370 g/mol. The Balaban J connectivity index is 2.04. The molecule has 0 amide bonds. The van der Waals surface area contributed by atoms with E-state index in [1.54, 1.807) is 6.07 Å². The van der Waals surface area contributed by atoms with Crippen LogP contribution >= 0.6 is 39.7 Å². The van der Waals surface area contributed by atoms with Crippen molar-refractivity contribution in [2.45, 2.75) is 19.9 Å². The monoisotopic (exact) mass is 383 g/mol. The van der Waals surface area contributed by atoms with E-state index in [2.05, 4.69) is 50.6 Å². The Morgan fingerprint density at radius 2 is 2.00 bits per heavy atom. The molecule has 1 aromatic carbocycles. The lowest BCUT2D eigenvalue weighted by molar-refractivity contribution is 0.722. The molecule has 0 radical (unpaired) electrons. The molecular formula is C15H15BrClN3S. The van der Waals surface area contributed by atoms with Crippen molar-refractivity contribution in [1.82, 2.24) is 10.3 Å². The minimum absolute atomic E-state index is 0.110. The van der Waals surface area contributed by atoms with E-state index in [0.717, 1.165) is 10.2 Å². The van der Waals surface area contributed by atoms with Crippen molar-refractivity contribution < 1.29 is 0 Å². The number of hydrogen-bond acceptors (Lipinski definition) is 2. The van der Waals surface area contributed by atoms with Crippen LogP contribution in [-0.2, 0) is 0 Å². The predicted octanol–water partition coefficient (Wildman–Crippen LogP) is 4.85. The highest BCUT2D eigenvalue weighted by atomic mass is 79.9. The Bertz CT molecular complexity index is 649. The molecule has 2 N–H and O–H groups in total. The van der Waals surface area contributed by atoms with Crippen LogP contribution < -0.4 is 10.6 Å². The zero-order chi connectivity index (χ0) is 15.4. The molecule has 0 aliphatic heterocycles. The van der Waals surface area contributed by atoms with Crippen molar-refractivity contribution in [3.8, 4) is 0 Å². The van der Waals surface area contributed by atoms with Crippen LogP contribution in [0.1, 0.15) is 24.2 Å². The molecule has 0 bridgehead atoms. The van der Waals surface area contributed by atoms with Gasteiger partial charge in [-0.05, 0) is 53.6 Å². The summed E-state index contributed by atoms with van der Waals surface area (Å²) in [5.74, 6) is 0.648. The minimum atomic E-state index is 0.110. The largest absolute Gasteiger partial charge is 0.356 e. The van der Waals surface area contributed by atoms with Crippen LogP contribution in [0.5, 0.6) is 0 Å². The van der Waals surface area contributed by atoms with Gasteiger partial charge in [-0.15, -0.1) is 0 Å². The molecule has 21 heavy (non-hydrogen) atoms. The van der Waals surface area contributed by atoms with Gasteiger partial charge in [-0.2, -0.15) is 0 Å². The summed E-state index contributed by atoms with van der Waals surface area (Å²) in [5.41, 5.74) is 1.92. The fraction of sp³-hybridized carbons (Fsp3) is 0.200. The van der Waals surface area contributed by atoms with Gasteiger partial charge in [-0.3, -0.25) is 0 Å². The van der Waals surface area contributed by atoms with Gasteiger partial charge in [0.1, 0.15) is 5.82 Å². The zero-order valence-corrected chi connectivity index (χ0v) is 14.8. The van der Waals surface area contributed by atoms with Gasteiger partial charge >= 0.3 is 0 Å². The third kappa shape index (κ3) is 4.40. The van der Waals surface area contributed by atoms with Crippen LogP contribution in [0.15, 0.2) is 40.9 Å². The lowest BCUT2D eigenvalue weighted by Crippen LogP contribution is -2.31. The molecule has 0 saturated heterocycles. The van der Waals surface area contributed by atoms with Crippen LogP contribution in [0.25, 0.3) is 0 Å². The second kappa shape index (κ2) is 7.20. The lowest BCUT2D eigenvalue weighted by atomic mass is 10.1. The fourth-order valence-corrected chi connectivity index (χ4v) is 2.78. The molecule has 0 unspecified atom stereocenters. The molecule has 1 aromatic heterocycles. The van der Waals surface area contributed by atoms with Crippen molar-refractivity contribution in [2.75, 3.05) is 5.32 Å². The second-order valence-electron chi connectivity index (χ2n) is 4.62. The first-order chi connectivity index (χ1) is 9.97. The number of aryl methyl sites for hydroxylation is 1.